The van der Waals surface area contributed by atoms with E-state index < -0.39 is 59.9 Å². The Balaban J connectivity index is 1.31. The first-order valence-electron chi connectivity index (χ1n) is 15.1. The van der Waals surface area contributed by atoms with E-state index >= 15 is 0 Å². The summed E-state index contributed by atoms with van der Waals surface area (Å²) in [4.78, 5) is 48.8. The number of alkyl halides is 6. The largest absolute Gasteiger partial charge is 0.444 e. The highest BCUT2D eigenvalue weighted by Gasteiger charge is 2.51. The summed E-state index contributed by atoms with van der Waals surface area (Å²) in [6, 6.07) is 16.5. The van der Waals surface area contributed by atoms with Gasteiger partial charge in [0.2, 0.25) is 11.8 Å². The maximum absolute atomic E-state index is 14.1. The standard InChI is InChI=1S/C34H30F6N4O4/c1-20-16-43(32(47)48-19-22-11-24(33(35,36)37)14-25(12-22)34(38,39)40)29-18-42(17-21-7-3-2-4-8-21)31(46)28(44(29)30(20)45)13-23-15-41-27-10-6-5-9-26(23)27/h2-12,14-15,20,28-29,41H,13,16-19H2,1H3/t20-,28-,29+/m0/s1. The van der Waals surface area contributed by atoms with E-state index in [1.54, 1.807) is 18.0 Å². The van der Waals surface area contributed by atoms with E-state index in [0.717, 1.165) is 22.0 Å². The number of carbonyl (C=O) groups is 3. The summed E-state index contributed by atoms with van der Waals surface area (Å²) in [7, 11) is 0. The molecular formula is C34H30F6N4O4. The fourth-order valence-electron chi connectivity index (χ4n) is 6.38. The van der Waals surface area contributed by atoms with Gasteiger partial charge in [-0.3, -0.25) is 14.5 Å². The predicted octanol–water partition coefficient (Wildman–Crippen LogP) is 6.60. The molecule has 0 aliphatic carbocycles. The molecule has 0 saturated carbocycles. The summed E-state index contributed by atoms with van der Waals surface area (Å²) < 4.78 is 85.8. The Hall–Kier alpha value is -5.01. The van der Waals surface area contributed by atoms with Gasteiger partial charge in [-0.1, -0.05) is 55.5 Å². The normalized spacial score (nSPS) is 20.3. The third-order valence-electron chi connectivity index (χ3n) is 8.69. The Morgan fingerprint density at radius 1 is 0.854 bits per heavy atom. The molecule has 48 heavy (non-hydrogen) atoms. The van der Waals surface area contributed by atoms with Gasteiger partial charge in [-0.2, -0.15) is 26.3 Å². The number of carbonyl (C=O) groups excluding carboxylic acids is 3. The van der Waals surface area contributed by atoms with Crippen LogP contribution in [-0.4, -0.2) is 62.9 Å². The van der Waals surface area contributed by atoms with Crippen LogP contribution < -0.4 is 0 Å². The van der Waals surface area contributed by atoms with Crippen LogP contribution in [0.2, 0.25) is 0 Å². The average Bonchev–Trinajstić information content (AvgIpc) is 3.45. The van der Waals surface area contributed by atoms with Crippen molar-refractivity contribution in [3.63, 3.8) is 0 Å². The van der Waals surface area contributed by atoms with Gasteiger partial charge in [-0.25, -0.2) is 4.79 Å². The number of rotatable bonds is 6. The summed E-state index contributed by atoms with van der Waals surface area (Å²) in [6.07, 6.45) is -10.3. The molecule has 1 N–H and O–H groups in total. The predicted molar refractivity (Wildman–Crippen MR) is 161 cm³/mol. The number of halogens is 6. The van der Waals surface area contributed by atoms with Crippen LogP contribution in [0.4, 0.5) is 31.1 Å². The van der Waals surface area contributed by atoms with E-state index in [1.807, 2.05) is 54.6 Å². The first-order chi connectivity index (χ1) is 22.7. The number of nitrogens with one attached hydrogen (secondary N) is 1. The van der Waals surface area contributed by atoms with Gasteiger partial charge in [0.1, 0.15) is 18.8 Å². The number of hydrogen-bond acceptors (Lipinski definition) is 4. The maximum Gasteiger partial charge on any atom is 0.416 e. The Bertz CT molecular complexity index is 1810. The zero-order valence-corrected chi connectivity index (χ0v) is 25.5. The third kappa shape index (κ3) is 6.56. The molecule has 2 aliphatic heterocycles. The number of fused-ring (bicyclic) bond motifs is 2. The minimum Gasteiger partial charge on any atom is -0.444 e. The van der Waals surface area contributed by atoms with Gasteiger partial charge in [0, 0.05) is 36.6 Å². The van der Waals surface area contributed by atoms with Crippen molar-refractivity contribution in [2.24, 2.45) is 5.92 Å². The summed E-state index contributed by atoms with van der Waals surface area (Å²) in [5.74, 6) is -1.48. The summed E-state index contributed by atoms with van der Waals surface area (Å²) >= 11 is 0. The van der Waals surface area contributed by atoms with Crippen LogP contribution >= 0.6 is 0 Å². The molecular weight excluding hydrogens is 642 g/mol. The zero-order chi connectivity index (χ0) is 34.4. The number of benzene rings is 3. The number of piperazine rings is 1. The zero-order valence-electron chi connectivity index (χ0n) is 25.5. The van der Waals surface area contributed by atoms with Crippen LogP contribution in [0, 0.1) is 5.92 Å². The van der Waals surface area contributed by atoms with Crippen LogP contribution in [0.25, 0.3) is 10.9 Å². The van der Waals surface area contributed by atoms with Gasteiger partial charge < -0.3 is 19.5 Å². The van der Waals surface area contributed by atoms with Crippen LogP contribution in [0.15, 0.2) is 79.0 Å². The lowest BCUT2D eigenvalue weighted by molar-refractivity contribution is -0.172. The van der Waals surface area contributed by atoms with Gasteiger partial charge in [0.05, 0.1) is 23.6 Å². The molecule has 2 fully saturated rings. The van der Waals surface area contributed by atoms with Crippen LogP contribution in [0.1, 0.15) is 34.7 Å². The molecule has 3 aromatic carbocycles. The van der Waals surface area contributed by atoms with Gasteiger partial charge in [0.25, 0.3) is 0 Å². The molecule has 4 aromatic rings. The average molecular weight is 673 g/mol. The highest BCUT2D eigenvalue weighted by atomic mass is 19.4. The summed E-state index contributed by atoms with van der Waals surface area (Å²) in [6.45, 7) is 0.634. The molecule has 252 valence electrons. The van der Waals surface area contributed by atoms with E-state index in [0.29, 0.717) is 12.1 Å². The van der Waals surface area contributed by atoms with Crippen molar-refractivity contribution in [1.82, 2.24) is 19.7 Å². The molecule has 0 spiro atoms. The Morgan fingerprint density at radius 3 is 2.17 bits per heavy atom. The molecule has 6 rings (SSSR count). The molecule has 3 heterocycles. The quantitative estimate of drug-likeness (QED) is 0.234. The van der Waals surface area contributed by atoms with Gasteiger partial charge in [0.15, 0.2) is 0 Å². The molecule has 3 amide bonds. The van der Waals surface area contributed by atoms with Crippen molar-refractivity contribution in [3.8, 4) is 0 Å². The SMILES string of the molecule is C[C@H]1CN(C(=O)OCc2cc(C(F)(F)F)cc(C(F)(F)F)c2)[C@H]2CN(Cc3ccccc3)C(=O)[C@H](Cc3c[nH]c4ccccc34)N2C1=O. The van der Waals surface area contributed by atoms with E-state index in [9.17, 15) is 40.7 Å². The van der Waals surface area contributed by atoms with Crippen LogP contribution in [0.5, 0.6) is 0 Å². The molecule has 2 saturated heterocycles. The van der Waals surface area contributed by atoms with Crippen molar-refractivity contribution in [2.45, 2.75) is 51.1 Å². The van der Waals surface area contributed by atoms with Crippen molar-refractivity contribution >= 4 is 28.8 Å². The van der Waals surface area contributed by atoms with Crippen molar-refractivity contribution in [1.29, 1.82) is 0 Å². The molecule has 0 radical (unpaired) electrons. The van der Waals surface area contributed by atoms with E-state index in [1.165, 1.54) is 9.80 Å². The minimum absolute atomic E-state index is 0.00463. The monoisotopic (exact) mass is 672 g/mol. The van der Waals surface area contributed by atoms with Crippen molar-refractivity contribution in [2.75, 3.05) is 13.1 Å². The number of hydrogen-bond donors (Lipinski definition) is 1. The van der Waals surface area contributed by atoms with Crippen LogP contribution in [-0.2, 0) is 46.3 Å². The Morgan fingerprint density at radius 2 is 1.50 bits per heavy atom. The molecule has 1 aromatic heterocycles. The number of aromatic amines is 1. The number of amides is 3. The Labute approximate surface area is 270 Å². The second kappa shape index (κ2) is 12.5. The smallest absolute Gasteiger partial charge is 0.416 e. The lowest BCUT2D eigenvalue weighted by atomic mass is 9.94. The number of H-pyrrole nitrogens is 1. The van der Waals surface area contributed by atoms with Crippen molar-refractivity contribution < 1.29 is 45.5 Å². The van der Waals surface area contributed by atoms with E-state index in [-0.39, 0.29) is 43.9 Å². The van der Waals surface area contributed by atoms with Crippen LogP contribution in [0.3, 0.4) is 0 Å². The molecule has 3 atom stereocenters. The summed E-state index contributed by atoms with van der Waals surface area (Å²) in [5.41, 5.74) is -1.16. The highest BCUT2D eigenvalue weighted by Crippen LogP contribution is 2.37. The van der Waals surface area contributed by atoms with E-state index in [4.69, 9.17) is 4.74 Å². The second-order valence-corrected chi connectivity index (χ2v) is 12.0. The maximum atomic E-state index is 14.1. The van der Waals surface area contributed by atoms with E-state index in [2.05, 4.69) is 4.98 Å². The molecule has 0 unspecified atom stereocenters. The third-order valence-corrected chi connectivity index (χ3v) is 8.69. The van der Waals surface area contributed by atoms with Gasteiger partial charge in [-0.15, -0.1) is 0 Å². The first kappa shape index (κ1) is 32.9. The molecule has 8 nitrogen and oxygen atoms in total. The summed E-state index contributed by atoms with van der Waals surface area (Å²) in [5, 5.41) is 0.857. The van der Waals surface area contributed by atoms with Gasteiger partial charge >= 0.3 is 18.4 Å². The fraction of sp³-hybridized carbons (Fsp3) is 0.324. The minimum atomic E-state index is -5.07. The van der Waals surface area contributed by atoms with Gasteiger partial charge in [-0.05, 0) is 41.0 Å². The van der Waals surface area contributed by atoms with Crippen molar-refractivity contribution in [3.05, 3.63) is 107 Å². The fourth-order valence-corrected chi connectivity index (χ4v) is 6.38. The number of ether oxygens (including phenoxy) is 1. The number of aromatic nitrogens is 1. The lowest BCUT2D eigenvalue weighted by Crippen LogP contribution is -2.73. The second-order valence-electron chi connectivity index (χ2n) is 12.0. The lowest BCUT2D eigenvalue weighted by Gasteiger charge is -2.53. The topological polar surface area (TPSA) is 85.9 Å². The number of nitrogens with zero attached hydrogens (tertiary/aromatic N) is 3. The number of para-hydroxylation sites is 1. The molecule has 0 bridgehead atoms. The highest BCUT2D eigenvalue weighted by molar-refractivity contribution is 5.92. The Kier molecular flexibility index (Phi) is 8.60. The first-order valence-corrected chi connectivity index (χ1v) is 15.1. The molecule has 14 heteroatoms. The molecule has 2 aliphatic rings.